The van der Waals surface area contributed by atoms with E-state index < -0.39 is 11.7 Å². The minimum absolute atomic E-state index is 0.0549. The Kier molecular flexibility index (Phi) is 6.38. The molecule has 0 radical (unpaired) electrons. The van der Waals surface area contributed by atoms with Crippen molar-refractivity contribution >= 4 is 38.4 Å². The van der Waals surface area contributed by atoms with Crippen LogP contribution < -0.4 is 10.9 Å². The Morgan fingerprint density at radius 1 is 1.52 bits per heavy atom. The highest BCUT2D eigenvalue weighted by Gasteiger charge is 2.34. The van der Waals surface area contributed by atoms with Gasteiger partial charge in [0.15, 0.2) is 0 Å². The van der Waals surface area contributed by atoms with Crippen molar-refractivity contribution in [3.05, 3.63) is 51.0 Å². The van der Waals surface area contributed by atoms with Crippen LogP contribution >= 0.6 is 27.5 Å². The van der Waals surface area contributed by atoms with Gasteiger partial charge in [-0.25, -0.2) is 4.98 Å². The number of nitrogens with one attached hydrogen (secondary N) is 1. The lowest BCUT2D eigenvalue weighted by atomic mass is 9.86. The number of nitrogens with zero attached hydrogens (tertiary/aromatic N) is 2. The largest absolute Gasteiger partial charge is 0.392 e. The molecule has 2 heterocycles. The molecule has 1 aromatic heterocycles. The van der Waals surface area contributed by atoms with Crippen LogP contribution in [0.15, 0.2) is 40.4 Å². The van der Waals surface area contributed by atoms with Crippen molar-refractivity contribution in [2.75, 3.05) is 6.54 Å². The van der Waals surface area contributed by atoms with E-state index in [4.69, 9.17) is 11.6 Å². The lowest BCUT2D eigenvalue weighted by Gasteiger charge is -2.36. The first-order valence-corrected chi connectivity index (χ1v) is 10.1. The molecule has 146 valence electrons. The van der Waals surface area contributed by atoms with Gasteiger partial charge in [-0.3, -0.25) is 9.36 Å². The third-order valence-corrected chi connectivity index (χ3v) is 6.20. The number of hydrogen-bond donors (Lipinski definition) is 3. The van der Waals surface area contributed by atoms with E-state index >= 15 is 0 Å². The molecule has 27 heavy (non-hydrogen) atoms. The molecule has 2 aromatic rings. The maximum Gasteiger partial charge on any atom is 0.261 e. The number of benzene rings is 1. The van der Waals surface area contributed by atoms with E-state index in [0.717, 1.165) is 13.0 Å². The molecule has 0 unspecified atom stereocenters. The van der Waals surface area contributed by atoms with Crippen molar-refractivity contribution in [2.24, 2.45) is 0 Å². The summed E-state index contributed by atoms with van der Waals surface area (Å²) in [7, 11) is 0. The minimum atomic E-state index is -1.23. The number of rotatable bonds is 6. The summed E-state index contributed by atoms with van der Waals surface area (Å²) in [5.74, 6) is 0. The second kappa shape index (κ2) is 8.41. The SMILES string of the molecule is C=CC[C@@](O)(C[C@H]1NCCC[C@@H]1O)Cn1cnc2cc(Br)c(Cl)cc2c1=O. The predicted octanol–water partition coefficient (Wildman–Crippen LogP) is 2.62. The third-order valence-electron chi connectivity index (χ3n) is 5.00. The third kappa shape index (κ3) is 4.60. The number of aromatic nitrogens is 2. The van der Waals surface area contributed by atoms with Crippen LogP contribution in [0.2, 0.25) is 5.02 Å². The molecule has 0 saturated carbocycles. The molecule has 3 rings (SSSR count). The topological polar surface area (TPSA) is 87.4 Å². The minimum Gasteiger partial charge on any atom is -0.392 e. The van der Waals surface area contributed by atoms with Gasteiger partial charge in [0.1, 0.15) is 0 Å². The lowest BCUT2D eigenvalue weighted by molar-refractivity contribution is -0.0185. The highest BCUT2D eigenvalue weighted by Crippen LogP contribution is 2.27. The fraction of sp³-hybridized carbons (Fsp3) is 0.474. The molecule has 3 atom stereocenters. The monoisotopic (exact) mass is 455 g/mol. The predicted molar refractivity (Wildman–Crippen MR) is 110 cm³/mol. The summed E-state index contributed by atoms with van der Waals surface area (Å²) in [6.45, 7) is 4.58. The average molecular weight is 457 g/mol. The number of halogens is 2. The van der Waals surface area contributed by atoms with Gasteiger partial charge < -0.3 is 15.5 Å². The molecular weight excluding hydrogens is 434 g/mol. The van der Waals surface area contributed by atoms with Crippen molar-refractivity contribution in [3.8, 4) is 0 Å². The summed E-state index contributed by atoms with van der Waals surface area (Å²) in [4.78, 5) is 17.2. The van der Waals surface area contributed by atoms with Crippen LogP contribution in [0.4, 0.5) is 0 Å². The van der Waals surface area contributed by atoms with E-state index in [1.807, 2.05) is 0 Å². The molecule has 1 fully saturated rings. The Morgan fingerprint density at radius 2 is 2.30 bits per heavy atom. The van der Waals surface area contributed by atoms with Gasteiger partial charge in [-0.1, -0.05) is 17.7 Å². The number of aliphatic hydroxyl groups excluding tert-OH is 1. The van der Waals surface area contributed by atoms with Gasteiger partial charge in [0.05, 0.1) is 40.5 Å². The van der Waals surface area contributed by atoms with Crippen molar-refractivity contribution in [1.82, 2.24) is 14.9 Å². The zero-order valence-corrected chi connectivity index (χ0v) is 17.2. The van der Waals surface area contributed by atoms with Gasteiger partial charge in [0, 0.05) is 10.5 Å². The van der Waals surface area contributed by atoms with Gasteiger partial charge in [-0.05, 0) is 60.3 Å². The van der Waals surface area contributed by atoms with Crippen molar-refractivity contribution < 1.29 is 10.2 Å². The number of piperidine rings is 1. The van der Waals surface area contributed by atoms with E-state index in [1.165, 1.54) is 10.9 Å². The summed E-state index contributed by atoms with van der Waals surface area (Å²) >= 11 is 9.45. The van der Waals surface area contributed by atoms with Gasteiger partial charge >= 0.3 is 0 Å². The standard InChI is InChI=1S/C19H23BrClN3O3/c1-2-5-19(27,9-16-17(25)4-3-6-22-16)10-24-11-23-15-8-13(20)14(21)7-12(15)18(24)26/h2,7-8,11,16-17,22,25,27H,1,3-6,9-10H2/t16-,17+,19-/m1/s1. The van der Waals surface area contributed by atoms with E-state index in [1.54, 1.807) is 18.2 Å². The number of fused-ring (bicyclic) bond motifs is 1. The highest BCUT2D eigenvalue weighted by molar-refractivity contribution is 9.10. The molecule has 0 bridgehead atoms. The average Bonchev–Trinajstić information content (AvgIpc) is 2.62. The second-order valence-corrected chi connectivity index (χ2v) is 8.41. The zero-order chi connectivity index (χ0) is 19.6. The lowest BCUT2D eigenvalue weighted by Crippen LogP contribution is -2.51. The molecule has 1 aliphatic heterocycles. The van der Waals surface area contributed by atoms with Gasteiger partial charge in [0.25, 0.3) is 5.56 Å². The van der Waals surface area contributed by atoms with Crippen LogP contribution in [0.25, 0.3) is 10.9 Å². The Morgan fingerprint density at radius 3 is 3.00 bits per heavy atom. The van der Waals surface area contributed by atoms with Gasteiger partial charge in [0.2, 0.25) is 0 Å². The molecule has 8 heteroatoms. The highest BCUT2D eigenvalue weighted by atomic mass is 79.9. The number of hydrogen-bond acceptors (Lipinski definition) is 5. The summed E-state index contributed by atoms with van der Waals surface area (Å²) in [5, 5.41) is 25.5. The molecular formula is C19H23BrClN3O3. The van der Waals surface area contributed by atoms with E-state index in [-0.39, 0.29) is 18.1 Å². The maximum atomic E-state index is 12.9. The second-order valence-electron chi connectivity index (χ2n) is 7.15. The molecule has 3 N–H and O–H groups in total. The first kappa shape index (κ1) is 20.5. The molecule has 1 aromatic carbocycles. The molecule has 6 nitrogen and oxygen atoms in total. The van der Waals surface area contributed by atoms with Crippen LogP contribution in [0, 0.1) is 0 Å². The maximum absolute atomic E-state index is 12.9. The smallest absolute Gasteiger partial charge is 0.261 e. The van der Waals surface area contributed by atoms with Crippen LogP contribution in [0.3, 0.4) is 0 Å². The fourth-order valence-electron chi connectivity index (χ4n) is 3.62. The summed E-state index contributed by atoms with van der Waals surface area (Å²) < 4.78 is 2.06. The molecule has 0 aliphatic carbocycles. The molecule has 1 saturated heterocycles. The Hall–Kier alpha value is -1.25. The summed E-state index contributed by atoms with van der Waals surface area (Å²) in [6.07, 6.45) is 4.76. The Balaban J connectivity index is 1.91. The molecule has 0 spiro atoms. The first-order chi connectivity index (χ1) is 12.8. The van der Waals surface area contributed by atoms with Crippen LogP contribution in [-0.2, 0) is 6.54 Å². The van der Waals surface area contributed by atoms with Crippen molar-refractivity contribution in [1.29, 1.82) is 0 Å². The first-order valence-electron chi connectivity index (χ1n) is 8.92. The molecule has 0 amide bonds. The summed E-state index contributed by atoms with van der Waals surface area (Å²) in [5.41, 5.74) is -0.964. The Bertz CT molecular complexity index is 904. The van der Waals surface area contributed by atoms with Crippen molar-refractivity contribution in [3.63, 3.8) is 0 Å². The van der Waals surface area contributed by atoms with E-state index in [2.05, 4.69) is 32.8 Å². The fourth-order valence-corrected chi connectivity index (χ4v) is 4.11. The van der Waals surface area contributed by atoms with Gasteiger partial charge in [-0.2, -0.15) is 0 Å². The van der Waals surface area contributed by atoms with E-state index in [9.17, 15) is 15.0 Å². The van der Waals surface area contributed by atoms with Crippen LogP contribution in [-0.4, -0.2) is 44.1 Å². The quantitative estimate of drug-likeness (QED) is 0.582. The normalized spacial score (nSPS) is 22.5. The Labute approximate surface area is 171 Å². The van der Waals surface area contributed by atoms with Gasteiger partial charge in [-0.15, -0.1) is 6.58 Å². The summed E-state index contributed by atoms with van der Waals surface area (Å²) in [6, 6.07) is 3.05. The van der Waals surface area contributed by atoms with E-state index in [0.29, 0.717) is 39.7 Å². The zero-order valence-electron chi connectivity index (χ0n) is 14.9. The van der Waals surface area contributed by atoms with Crippen LogP contribution in [0.1, 0.15) is 25.7 Å². The van der Waals surface area contributed by atoms with Crippen LogP contribution in [0.5, 0.6) is 0 Å². The number of aliphatic hydroxyl groups is 2. The molecule has 1 aliphatic rings. The van der Waals surface area contributed by atoms with Crippen molar-refractivity contribution in [2.45, 2.75) is 50.0 Å².